The lowest BCUT2D eigenvalue weighted by Gasteiger charge is -2.26. The number of hydrogen-bond donors (Lipinski definition) is 0. The molecule has 32 heavy (non-hydrogen) atoms. The Morgan fingerprint density at radius 3 is 1.38 bits per heavy atom. The predicted molar refractivity (Wildman–Crippen MR) is 135 cm³/mol. The molecule has 0 heterocycles. The highest BCUT2D eigenvalue weighted by molar-refractivity contribution is 5.76. The van der Waals surface area contributed by atoms with Crippen LogP contribution in [0.15, 0.2) is 97.1 Å². The van der Waals surface area contributed by atoms with Crippen molar-refractivity contribution in [3.8, 4) is 0 Å². The Morgan fingerprint density at radius 2 is 0.938 bits per heavy atom. The average molecular weight is 422 g/mol. The van der Waals surface area contributed by atoms with Crippen molar-refractivity contribution in [1.29, 1.82) is 0 Å². The molecule has 0 N–H and O–H groups in total. The number of benzene rings is 4. The van der Waals surface area contributed by atoms with Gasteiger partial charge in [0.25, 0.3) is 0 Å². The van der Waals surface area contributed by atoms with Crippen LogP contribution < -0.4 is 4.90 Å². The number of ether oxygens (including phenoxy) is 1. The summed E-state index contributed by atoms with van der Waals surface area (Å²) in [7, 11) is 0. The van der Waals surface area contributed by atoms with Crippen molar-refractivity contribution in [3.05, 3.63) is 125 Å². The maximum Gasteiger partial charge on any atom is 0.0801 e. The molecule has 0 spiro atoms. The fraction of sp³-hybridized carbons (Fsp3) is 0.200. The number of rotatable bonds is 7. The van der Waals surface area contributed by atoms with Gasteiger partial charge in [0.2, 0.25) is 0 Å². The van der Waals surface area contributed by atoms with Gasteiger partial charge in [-0.3, -0.25) is 0 Å². The van der Waals surface area contributed by atoms with Crippen LogP contribution in [0.5, 0.6) is 0 Å². The Hall–Kier alpha value is -3.36. The Balaban J connectivity index is 1.55. The molecule has 2 nitrogen and oxygen atoms in total. The average Bonchev–Trinajstić information content (AvgIpc) is 2.81. The van der Waals surface area contributed by atoms with Gasteiger partial charge in [0.05, 0.1) is 12.7 Å². The van der Waals surface area contributed by atoms with E-state index in [4.69, 9.17) is 4.74 Å². The molecular weight excluding hydrogens is 390 g/mol. The van der Waals surface area contributed by atoms with Crippen LogP contribution in [0.2, 0.25) is 0 Å². The number of aryl methyl sites for hydroxylation is 3. The van der Waals surface area contributed by atoms with E-state index in [2.05, 4.69) is 130 Å². The predicted octanol–water partition coefficient (Wildman–Crippen LogP) is 8.36. The molecule has 0 aliphatic rings. The third-order valence-electron chi connectivity index (χ3n) is 5.83. The van der Waals surface area contributed by atoms with E-state index in [-0.39, 0.29) is 6.10 Å². The lowest BCUT2D eigenvalue weighted by molar-refractivity contribution is 0.0525. The maximum absolute atomic E-state index is 6.14. The first-order valence-corrected chi connectivity index (χ1v) is 11.2. The van der Waals surface area contributed by atoms with Gasteiger partial charge in [-0.15, -0.1) is 0 Å². The van der Waals surface area contributed by atoms with Crippen molar-refractivity contribution >= 4 is 17.1 Å². The number of hydrogen-bond acceptors (Lipinski definition) is 2. The molecule has 0 radical (unpaired) electrons. The minimum absolute atomic E-state index is 0.0255. The van der Waals surface area contributed by atoms with Crippen LogP contribution in [0.4, 0.5) is 17.1 Å². The van der Waals surface area contributed by atoms with Gasteiger partial charge in [-0.05, 0) is 75.2 Å². The molecule has 4 aromatic rings. The fourth-order valence-electron chi connectivity index (χ4n) is 3.73. The molecule has 0 aliphatic heterocycles. The fourth-order valence-corrected chi connectivity index (χ4v) is 3.73. The van der Waals surface area contributed by atoms with E-state index < -0.39 is 0 Å². The number of nitrogens with zero attached hydrogens (tertiary/aromatic N) is 1. The lowest BCUT2D eigenvalue weighted by Crippen LogP contribution is -2.10. The van der Waals surface area contributed by atoms with E-state index in [0.29, 0.717) is 6.61 Å². The van der Waals surface area contributed by atoms with Gasteiger partial charge in [0, 0.05) is 17.1 Å². The summed E-state index contributed by atoms with van der Waals surface area (Å²) in [4.78, 5) is 2.29. The third-order valence-corrected chi connectivity index (χ3v) is 5.83. The van der Waals surface area contributed by atoms with Crippen molar-refractivity contribution in [2.75, 3.05) is 4.90 Å². The Kier molecular flexibility index (Phi) is 6.72. The van der Waals surface area contributed by atoms with Crippen LogP contribution in [-0.2, 0) is 11.3 Å². The van der Waals surface area contributed by atoms with E-state index in [9.17, 15) is 0 Å². The van der Waals surface area contributed by atoms with E-state index >= 15 is 0 Å². The molecule has 162 valence electrons. The molecule has 0 bridgehead atoms. The summed E-state index contributed by atoms with van der Waals surface area (Å²) >= 11 is 0. The molecule has 4 aromatic carbocycles. The van der Waals surface area contributed by atoms with Crippen molar-refractivity contribution in [1.82, 2.24) is 0 Å². The van der Waals surface area contributed by atoms with Crippen LogP contribution in [0.3, 0.4) is 0 Å². The molecule has 0 fully saturated rings. The number of anilines is 3. The van der Waals surface area contributed by atoms with Gasteiger partial charge in [-0.2, -0.15) is 0 Å². The highest BCUT2D eigenvalue weighted by Gasteiger charge is 2.13. The molecule has 1 atom stereocenters. The first-order valence-electron chi connectivity index (χ1n) is 11.2. The summed E-state index contributed by atoms with van der Waals surface area (Å²) in [6.07, 6.45) is 0.0255. The first kappa shape index (κ1) is 21.9. The van der Waals surface area contributed by atoms with Gasteiger partial charge in [0.1, 0.15) is 0 Å². The molecule has 2 heteroatoms. The SMILES string of the molecule is Cc1ccc(COC(C)c2ccc(N(c3ccc(C)cc3)c3ccc(C)cc3)cc2)cc1. The van der Waals surface area contributed by atoms with Crippen LogP contribution >= 0.6 is 0 Å². The Bertz CT molecular complexity index is 1080. The zero-order valence-corrected chi connectivity index (χ0v) is 19.4. The zero-order chi connectivity index (χ0) is 22.5. The largest absolute Gasteiger partial charge is 0.369 e. The third kappa shape index (κ3) is 5.27. The second kappa shape index (κ2) is 9.84. The molecular formula is C30H31NO. The van der Waals surface area contributed by atoms with Crippen molar-refractivity contribution < 1.29 is 4.74 Å². The normalized spacial score (nSPS) is 11.9. The van der Waals surface area contributed by atoms with Crippen LogP contribution in [-0.4, -0.2) is 0 Å². The summed E-state index contributed by atoms with van der Waals surface area (Å²) in [6.45, 7) is 9.06. The molecule has 4 rings (SSSR count). The molecule has 0 saturated carbocycles. The summed E-state index contributed by atoms with van der Waals surface area (Å²) in [6, 6.07) is 34.6. The Morgan fingerprint density at radius 1 is 0.562 bits per heavy atom. The first-order chi connectivity index (χ1) is 15.5. The smallest absolute Gasteiger partial charge is 0.0801 e. The van der Waals surface area contributed by atoms with Gasteiger partial charge in [0.15, 0.2) is 0 Å². The van der Waals surface area contributed by atoms with Gasteiger partial charge < -0.3 is 9.64 Å². The second-order valence-electron chi connectivity index (χ2n) is 8.54. The summed E-state index contributed by atoms with van der Waals surface area (Å²) in [5.41, 5.74) is 9.58. The van der Waals surface area contributed by atoms with Crippen molar-refractivity contribution in [3.63, 3.8) is 0 Å². The van der Waals surface area contributed by atoms with E-state index in [0.717, 1.165) is 17.1 Å². The summed E-state index contributed by atoms with van der Waals surface area (Å²) in [5, 5.41) is 0. The highest BCUT2D eigenvalue weighted by atomic mass is 16.5. The summed E-state index contributed by atoms with van der Waals surface area (Å²) < 4.78 is 6.14. The molecule has 0 aromatic heterocycles. The van der Waals surface area contributed by atoms with E-state index in [1.54, 1.807) is 0 Å². The van der Waals surface area contributed by atoms with Gasteiger partial charge >= 0.3 is 0 Å². The summed E-state index contributed by atoms with van der Waals surface area (Å²) in [5.74, 6) is 0. The zero-order valence-electron chi connectivity index (χ0n) is 19.4. The molecule has 1 unspecified atom stereocenters. The Labute approximate surface area is 192 Å². The van der Waals surface area contributed by atoms with Crippen molar-refractivity contribution in [2.45, 2.75) is 40.4 Å². The molecule has 0 saturated heterocycles. The van der Waals surface area contributed by atoms with Crippen LogP contribution in [0.1, 0.15) is 40.8 Å². The van der Waals surface area contributed by atoms with Crippen molar-refractivity contribution in [2.24, 2.45) is 0 Å². The van der Waals surface area contributed by atoms with Crippen LogP contribution in [0, 0.1) is 20.8 Å². The quantitative estimate of drug-likeness (QED) is 0.297. The monoisotopic (exact) mass is 421 g/mol. The standard InChI is InChI=1S/C30H31NO/c1-22-5-11-26(12-6-22)21-32-25(4)27-13-19-30(20-14-27)31(28-15-7-23(2)8-16-28)29-17-9-24(3)10-18-29/h5-20,25H,21H2,1-4H3. The molecule has 0 amide bonds. The maximum atomic E-state index is 6.14. The van der Waals surface area contributed by atoms with E-state index in [1.165, 1.54) is 27.8 Å². The minimum Gasteiger partial charge on any atom is -0.369 e. The topological polar surface area (TPSA) is 12.5 Å². The highest BCUT2D eigenvalue weighted by Crippen LogP contribution is 2.35. The second-order valence-corrected chi connectivity index (χ2v) is 8.54. The van der Waals surface area contributed by atoms with E-state index in [1.807, 2.05) is 0 Å². The van der Waals surface area contributed by atoms with Gasteiger partial charge in [-0.1, -0.05) is 77.4 Å². The van der Waals surface area contributed by atoms with Crippen LogP contribution in [0.25, 0.3) is 0 Å². The van der Waals surface area contributed by atoms with Gasteiger partial charge in [-0.25, -0.2) is 0 Å². The minimum atomic E-state index is 0.0255. The molecule has 0 aliphatic carbocycles. The lowest BCUT2D eigenvalue weighted by atomic mass is 10.1.